The van der Waals surface area contributed by atoms with Crippen molar-refractivity contribution in [3.8, 4) is 0 Å². The summed E-state index contributed by atoms with van der Waals surface area (Å²) in [6, 6.07) is 0.903. The van der Waals surface area contributed by atoms with Gasteiger partial charge in [0, 0.05) is 18.5 Å². The minimum absolute atomic E-state index is 0. The molecule has 112 valence electrons. The van der Waals surface area contributed by atoms with Gasteiger partial charge in [0.15, 0.2) is 0 Å². The molecule has 3 nitrogen and oxygen atoms in total. The van der Waals surface area contributed by atoms with Crippen LogP contribution < -0.4 is 5.32 Å². The summed E-state index contributed by atoms with van der Waals surface area (Å²) >= 11 is 0. The van der Waals surface area contributed by atoms with Gasteiger partial charge in [0.05, 0.1) is 0 Å². The third-order valence-electron chi connectivity index (χ3n) is 4.93. The molecule has 0 aromatic carbocycles. The first-order chi connectivity index (χ1) is 8.59. The van der Waals surface area contributed by atoms with Crippen molar-refractivity contribution in [3.63, 3.8) is 0 Å². The Morgan fingerprint density at radius 3 is 2.21 bits per heavy atom. The normalized spacial score (nSPS) is 29.9. The van der Waals surface area contributed by atoms with Gasteiger partial charge in [-0.3, -0.25) is 4.79 Å². The number of nitrogens with zero attached hydrogens (tertiary/aromatic N) is 1. The molecule has 2 saturated heterocycles. The number of likely N-dealkylation sites (tertiary alicyclic amines) is 1. The van der Waals surface area contributed by atoms with Gasteiger partial charge in [-0.1, -0.05) is 6.92 Å². The first kappa shape index (κ1) is 16.8. The third kappa shape index (κ3) is 4.09. The summed E-state index contributed by atoms with van der Waals surface area (Å²) in [5.74, 6) is 1.67. The summed E-state index contributed by atoms with van der Waals surface area (Å²) in [6.45, 7) is 8.89. The molecule has 0 spiro atoms. The topological polar surface area (TPSA) is 32.3 Å². The summed E-state index contributed by atoms with van der Waals surface area (Å²) in [6.07, 6.45) is 5.57. The Morgan fingerprint density at radius 1 is 1.16 bits per heavy atom. The van der Waals surface area contributed by atoms with E-state index in [9.17, 15) is 4.79 Å². The molecule has 0 aliphatic carbocycles. The Balaban J connectivity index is 0.00000180. The molecule has 0 saturated carbocycles. The minimum Gasteiger partial charge on any atom is -0.337 e. The molecular weight excluding hydrogens is 260 g/mol. The largest absolute Gasteiger partial charge is 0.337 e. The zero-order chi connectivity index (χ0) is 13.1. The van der Waals surface area contributed by atoms with Crippen LogP contribution in [-0.2, 0) is 4.79 Å². The van der Waals surface area contributed by atoms with E-state index in [1.807, 2.05) is 0 Å². The van der Waals surface area contributed by atoms with E-state index in [0.29, 0.717) is 23.9 Å². The standard InChI is InChI=1S/C15H28N2O.ClH/c1-11(14-6-8-16-9-7-14)10-15(18)17-12(2)4-5-13(17)3;/h11-14,16H,4-10H2,1-3H3;1H. The van der Waals surface area contributed by atoms with Crippen molar-refractivity contribution >= 4 is 18.3 Å². The molecule has 1 N–H and O–H groups in total. The number of rotatable bonds is 3. The summed E-state index contributed by atoms with van der Waals surface area (Å²) in [5, 5.41) is 3.40. The van der Waals surface area contributed by atoms with E-state index in [2.05, 4.69) is 31.0 Å². The van der Waals surface area contributed by atoms with E-state index in [0.717, 1.165) is 25.4 Å². The van der Waals surface area contributed by atoms with Crippen LogP contribution in [0.3, 0.4) is 0 Å². The average Bonchev–Trinajstić information content (AvgIpc) is 2.70. The van der Waals surface area contributed by atoms with Gasteiger partial charge in [0.1, 0.15) is 0 Å². The highest BCUT2D eigenvalue weighted by atomic mass is 35.5. The van der Waals surface area contributed by atoms with Crippen molar-refractivity contribution in [1.82, 2.24) is 10.2 Å². The lowest BCUT2D eigenvalue weighted by molar-refractivity contribution is -0.134. The summed E-state index contributed by atoms with van der Waals surface area (Å²) in [5.41, 5.74) is 0. The van der Waals surface area contributed by atoms with E-state index in [1.165, 1.54) is 25.7 Å². The molecule has 0 aromatic rings. The fourth-order valence-corrected chi connectivity index (χ4v) is 3.65. The minimum atomic E-state index is 0. The zero-order valence-electron chi connectivity index (χ0n) is 12.5. The average molecular weight is 289 g/mol. The predicted molar refractivity (Wildman–Crippen MR) is 81.6 cm³/mol. The number of piperidine rings is 1. The Hall–Kier alpha value is -0.280. The van der Waals surface area contributed by atoms with Crippen molar-refractivity contribution in [2.45, 2.75) is 65.0 Å². The number of carbonyl (C=O) groups is 1. The quantitative estimate of drug-likeness (QED) is 0.866. The van der Waals surface area contributed by atoms with E-state index < -0.39 is 0 Å². The molecule has 2 aliphatic rings. The molecule has 2 fully saturated rings. The van der Waals surface area contributed by atoms with Crippen LogP contribution in [0, 0.1) is 11.8 Å². The van der Waals surface area contributed by atoms with Crippen molar-refractivity contribution < 1.29 is 4.79 Å². The Labute approximate surface area is 123 Å². The van der Waals surface area contributed by atoms with Gasteiger partial charge in [-0.2, -0.15) is 0 Å². The van der Waals surface area contributed by atoms with E-state index in [4.69, 9.17) is 0 Å². The second-order valence-electron chi connectivity index (χ2n) is 6.35. The lowest BCUT2D eigenvalue weighted by atomic mass is 9.84. The highest BCUT2D eigenvalue weighted by Crippen LogP contribution is 2.29. The molecular formula is C15H29ClN2O. The zero-order valence-corrected chi connectivity index (χ0v) is 13.3. The molecule has 0 aromatic heterocycles. The van der Waals surface area contributed by atoms with Crippen LogP contribution in [0.15, 0.2) is 0 Å². The van der Waals surface area contributed by atoms with Crippen LogP contribution in [0.2, 0.25) is 0 Å². The number of halogens is 1. The lowest BCUT2D eigenvalue weighted by Crippen LogP contribution is -2.40. The molecule has 2 aliphatic heterocycles. The molecule has 4 heteroatoms. The summed E-state index contributed by atoms with van der Waals surface area (Å²) in [4.78, 5) is 14.6. The van der Waals surface area contributed by atoms with Crippen LogP contribution in [0.4, 0.5) is 0 Å². The smallest absolute Gasteiger partial charge is 0.223 e. The molecule has 0 bridgehead atoms. The fourth-order valence-electron chi connectivity index (χ4n) is 3.65. The van der Waals surface area contributed by atoms with Gasteiger partial charge in [0.2, 0.25) is 5.91 Å². The number of hydrogen-bond acceptors (Lipinski definition) is 2. The van der Waals surface area contributed by atoms with Gasteiger partial charge < -0.3 is 10.2 Å². The van der Waals surface area contributed by atoms with Crippen molar-refractivity contribution in [2.24, 2.45) is 11.8 Å². The second kappa shape index (κ2) is 7.49. The van der Waals surface area contributed by atoms with Crippen LogP contribution in [0.25, 0.3) is 0 Å². The van der Waals surface area contributed by atoms with Gasteiger partial charge in [-0.25, -0.2) is 0 Å². The van der Waals surface area contributed by atoms with Crippen LogP contribution >= 0.6 is 12.4 Å². The number of carbonyl (C=O) groups excluding carboxylic acids is 1. The third-order valence-corrected chi connectivity index (χ3v) is 4.93. The maximum atomic E-state index is 12.4. The fraction of sp³-hybridized carbons (Fsp3) is 0.933. The monoisotopic (exact) mass is 288 g/mol. The van der Waals surface area contributed by atoms with Gasteiger partial charge in [-0.15, -0.1) is 12.4 Å². The van der Waals surface area contributed by atoms with Crippen molar-refractivity contribution in [1.29, 1.82) is 0 Å². The molecule has 3 atom stereocenters. The van der Waals surface area contributed by atoms with E-state index in [-0.39, 0.29) is 12.4 Å². The van der Waals surface area contributed by atoms with E-state index >= 15 is 0 Å². The van der Waals surface area contributed by atoms with Crippen molar-refractivity contribution in [3.05, 3.63) is 0 Å². The van der Waals surface area contributed by atoms with Crippen molar-refractivity contribution in [2.75, 3.05) is 13.1 Å². The molecule has 19 heavy (non-hydrogen) atoms. The number of amides is 1. The number of hydrogen-bond donors (Lipinski definition) is 1. The first-order valence-electron chi connectivity index (χ1n) is 7.61. The van der Waals surface area contributed by atoms with Gasteiger partial charge in [-0.05, 0) is 64.5 Å². The Kier molecular flexibility index (Phi) is 6.61. The van der Waals surface area contributed by atoms with E-state index in [1.54, 1.807) is 0 Å². The summed E-state index contributed by atoms with van der Waals surface area (Å²) in [7, 11) is 0. The summed E-state index contributed by atoms with van der Waals surface area (Å²) < 4.78 is 0. The first-order valence-corrected chi connectivity index (χ1v) is 7.61. The molecule has 2 heterocycles. The lowest BCUT2D eigenvalue weighted by Gasteiger charge is -2.31. The molecule has 3 unspecified atom stereocenters. The maximum absolute atomic E-state index is 12.4. The molecule has 2 rings (SSSR count). The SMILES string of the molecule is CC(CC(=O)N1C(C)CCC1C)C1CCNCC1.Cl. The number of nitrogens with one attached hydrogen (secondary N) is 1. The van der Waals surface area contributed by atoms with Crippen LogP contribution in [0.5, 0.6) is 0 Å². The second-order valence-corrected chi connectivity index (χ2v) is 6.35. The Morgan fingerprint density at radius 2 is 1.68 bits per heavy atom. The molecule has 1 amide bonds. The maximum Gasteiger partial charge on any atom is 0.223 e. The van der Waals surface area contributed by atoms with Gasteiger partial charge >= 0.3 is 0 Å². The van der Waals surface area contributed by atoms with Gasteiger partial charge in [0.25, 0.3) is 0 Å². The predicted octanol–water partition coefficient (Wildman–Crippen LogP) is 2.83. The highest BCUT2D eigenvalue weighted by molar-refractivity contribution is 5.85. The Bertz CT molecular complexity index is 282. The van der Waals surface area contributed by atoms with Crippen LogP contribution in [-0.4, -0.2) is 36.0 Å². The van der Waals surface area contributed by atoms with Crippen LogP contribution in [0.1, 0.15) is 52.9 Å². The highest BCUT2D eigenvalue weighted by Gasteiger charge is 2.32. The molecule has 0 radical (unpaired) electrons.